The molecule has 23 N–H and O–H groups in total. The summed E-state index contributed by atoms with van der Waals surface area (Å²) in [7, 11) is 0. The molecule has 0 fully saturated rings. The Balaban J connectivity index is 1.90. The molecule has 0 aliphatic heterocycles. The number of aromatic amines is 2. The van der Waals surface area contributed by atoms with Gasteiger partial charge in [0.05, 0.1) is 24.0 Å². The monoisotopic (exact) mass is 993 g/mol. The molecule has 0 bridgehead atoms. The summed E-state index contributed by atoms with van der Waals surface area (Å²) in [5.74, 6) is -6.97. The highest BCUT2D eigenvalue weighted by Gasteiger charge is 2.33. The number of hydrogen-bond donors (Lipinski definition) is 19. The maximum atomic E-state index is 14.4. The van der Waals surface area contributed by atoms with Gasteiger partial charge >= 0.3 is 0 Å². The smallest absolute Gasteiger partial charge is 0.243 e. The molecule has 7 amide bonds. The molecule has 71 heavy (non-hydrogen) atoms. The zero-order valence-electron chi connectivity index (χ0n) is 39.7. The normalized spacial score (nSPS) is 13.8. The minimum Gasteiger partial charge on any atom is -0.508 e. The number of carbonyl (C=O) groups is 7. The summed E-state index contributed by atoms with van der Waals surface area (Å²) in [4.78, 5) is 110. The van der Waals surface area contributed by atoms with Crippen molar-refractivity contribution in [3.8, 4) is 5.75 Å². The number of guanidine groups is 3. The highest BCUT2D eigenvalue weighted by molar-refractivity contribution is 5.97. The van der Waals surface area contributed by atoms with E-state index >= 15 is 0 Å². The Morgan fingerprint density at radius 3 is 1.37 bits per heavy atom. The lowest BCUT2D eigenvalue weighted by atomic mass is 10.0. The Morgan fingerprint density at radius 1 is 0.535 bits per heavy atom. The molecule has 0 unspecified atom stereocenters. The first-order chi connectivity index (χ1) is 33.7. The van der Waals surface area contributed by atoms with Gasteiger partial charge in [-0.2, -0.15) is 0 Å². The van der Waals surface area contributed by atoms with Crippen molar-refractivity contribution in [2.45, 2.75) is 108 Å². The Hall–Kier alpha value is -8.46. The molecule has 0 aliphatic rings. The highest BCUT2D eigenvalue weighted by Crippen LogP contribution is 2.13. The summed E-state index contributed by atoms with van der Waals surface area (Å²) in [6.07, 6.45) is 6.47. The number of aromatic hydroxyl groups is 1. The number of aromatic nitrogens is 4. The Kier molecular flexibility index (Phi) is 23.6. The van der Waals surface area contributed by atoms with Crippen molar-refractivity contribution in [1.29, 1.82) is 16.2 Å². The van der Waals surface area contributed by atoms with E-state index in [-0.39, 0.29) is 94.6 Å². The topological polar surface area (TPSA) is 481 Å². The second-order valence-electron chi connectivity index (χ2n) is 16.7. The number of rotatable bonds is 31. The number of nitrogens with one attached hydrogen (secondary N) is 14. The molecule has 7 atom stereocenters. The fraction of sp³-hybridized carbons (Fsp3) is 0.488. The molecule has 28 heteroatoms. The van der Waals surface area contributed by atoms with Crippen molar-refractivity contribution in [2.75, 3.05) is 19.6 Å². The number of H-pyrrole nitrogens is 2. The number of primary amides is 1. The van der Waals surface area contributed by atoms with Gasteiger partial charge in [0.25, 0.3) is 0 Å². The van der Waals surface area contributed by atoms with Gasteiger partial charge in [-0.25, -0.2) is 9.97 Å². The van der Waals surface area contributed by atoms with Crippen LogP contribution in [0.2, 0.25) is 0 Å². The van der Waals surface area contributed by atoms with E-state index in [9.17, 15) is 38.7 Å². The first-order valence-corrected chi connectivity index (χ1v) is 22.8. The van der Waals surface area contributed by atoms with Gasteiger partial charge in [-0.1, -0.05) is 19.1 Å². The SMILES string of the molecule is C[C@H](NC(=O)[C@@H](C)Cc1c[nH]cn1)C(=O)N[C@@H](Cc1ccc(O)cc1)C(=O)N[C@@H](CCCNC(=N)N)C(=O)N[C@@H](Cc1c[nH]cn1)C(=O)N[C@@H](CCCNC(=N)N)C(=O)N[C@@H](CCCNC(=N)N)C(N)=O. The van der Waals surface area contributed by atoms with E-state index in [0.717, 1.165) is 0 Å². The van der Waals surface area contributed by atoms with Gasteiger partial charge < -0.3 is 85.9 Å². The van der Waals surface area contributed by atoms with E-state index in [1.165, 1.54) is 50.0 Å². The van der Waals surface area contributed by atoms with Gasteiger partial charge in [0.1, 0.15) is 42.0 Å². The highest BCUT2D eigenvalue weighted by atomic mass is 16.3. The van der Waals surface area contributed by atoms with Crippen molar-refractivity contribution in [1.82, 2.24) is 67.8 Å². The van der Waals surface area contributed by atoms with E-state index in [0.29, 0.717) is 23.4 Å². The lowest BCUT2D eigenvalue weighted by molar-refractivity contribution is -0.135. The number of amides is 7. The predicted molar refractivity (Wildman–Crippen MR) is 259 cm³/mol. The lowest BCUT2D eigenvalue weighted by Crippen LogP contribution is -2.60. The summed E-state index contributed by atoms with van der Waals surface area (Å²) in [6.45, 7) is 3.55. The predicted octanol–water partition coefficient (Wildman–Crippen LogP) is -4.29. The van der Waals surface area contributed by atoms with Gasteiger partial charge in [-0.3, -0.25) is 49.8 Å². The first-order valence-electron chi connectivity index (χ1n) is 22.8. The Bertz CT molecular complexity index is 2240. The molecule has 28 nitrogen and oxygen atoms in total. The van der Waals surface area contributed by atoms with E-state index in [1.807, 2.05) is 0 Å². The van der Waals surface area contributed by atoms with Gasteiger partial charge in [0.15, 0.2) is 17.9 Å². The molecule has 0 radical (unpaired) electrons. The van der Waals surface area contributed by atoms with Crippen LogP contribution in [0.3, 0.4) is 0 Å². The summed E-state index contributed by atoms with van der Waals surface area (Å²) in [5, 5.41) is 56.0. The van der Waals surface area contributed by atoms with Crippen molar-refractivity contribution in [3.05, 3.63) is 66.3 Å². The van der Waals surface area contributed by atoms with Crippen molar-refractivity contribution in [3.63, 3.8) is 0 Å². The van der Waals surface area contributed by atoms with Crippen molar-refractivity contribution in [2.24, 2.45) is 28.9 Å². The number of hydrogen-bond acceptors (Lipinski definition) is 13. The molecular weight excluding hydrogens is 925 g/mol. The minimum absolute atomic E-state index is 0.0410. The van der Waals surface area contributed by atoms with Crippen LogP contribution in [0.5, 0.6) is 5.75 Å². The maximum absolute atomic E-state index is 14.4. The molecule has 388 valence electrons. The summed E-state index contributed by atoms with van der Waals surface area (Å²) in [6, 6.07) is -1.96. The molecule has 2 aromatic heterocycles. The molecule has 3 rings (SSSR count). The average molecular weight is 993 g/mol. The third-order valence-corrected chi connectivity index (χ3v) is 10.8. The van der Waals surface area contributed by atoms with Crippen LogP contribution in [0, 0.1) is 22.1 Å². The number of phenolic OH excluding ortho intramolecular Hbond substituents is 1. The lowest BCUT2D eigenvalue weighted by Gasteiger charge is -2.27. The van der Waals surface area contributed by atoms with Gasteiger partial charge in [-0.15, -0.1) is 0 Å². The number of nitrogens with zero attached hydrogens (tertiary/aromatic N) is 2. The largest absolute Gasteiger partial charge is 0.508 e. The third-order valence-electron chi connectivity index (χ3n) is 10.8. The van der Waals surface area contributed by atoms with Crippen LogP contribution in [0.15, 0.2) is 49.3 Å². The first kappa shape index (κ1) is 56.9. The van der Waals surface area contributed by atoms with Crippen LogP contribution in [0.25, 0.3) is 0 Å². The standard InChI is InChI=1S/C43H68N20O8/c1-23(16-26-19-51-21-56-26)35(66)58-24(2)36(67)62-32(17-25-9-11-28(64)12-10-25)39(70)60-31(8-5-15-55-43(49)50)38(69)63-33(18-27-20-52-22-57-27)40(71)61-30(7-4-14-54-42(47)48)37(68)59-29(34(44)65)6-3-13-53-41(45)46/h9-12,19-24,29-33,64H,3-8,13-18H2,1-2H3,(H2,44,65)(H,51,56)(H,52,57)(H,58,66)(H,59,68)(H,60,70)(H,61,71)(H,62,67)(H,63,69)(H4,45,46,53)(H4,47,48,54)(H4,49,50,55)/t23-,24-,29-,30-,31-,32-,33-/m0/s1. The van der Waals surface area contributed by atoms with Crippen molar-refractivity contribution < 1.29 is 38.7 Å². The van der Waals surface area contributed by atoms with Crippen LogP contribution in [0.1, 0.15) is 69.3 Å². The van der Waals surface area contributed by atoms with E-state index in [1.54, 1.807) is 13.1 Å². The molecule has 0 saturated heterocycles. The number of imidazole rings is 2. The fourth-order valence-electron chi connectivity index (χ4n) is 6.92. The van der Waals surface area contributed by atoms with Crippen LogP contribution in [0.4, 0.5) is 0 Å². The van der Waals surface area contributed by atoms with Gasteiger partial charge in [-0.05, 0) is 63.1 Å². The average Bonchev–Trinajstić information content (AvgIpc) is 4.04. The quantitative estimate of drug-likeness (QED) is 0.0165. The van der Waals surface area contributed by atoms with E-state index in [4.69, 9.17) is 39.2 Å². The molecule has 0 aliphatic carbocycles. The molecule has 0 saturated carbocycles. The summed E-state index contributed by atoms with van der Waals surface area (Å²) >= 11 is 0. The maximum Gasteiger partial charge on any atom is 0.243 e. The molecular formula is C43H68N20O8. The van der Waals surface area contributed by atoms with Crippen LogP contribution in [-0.2, 0) is 52.8 Å². The second-order valence-corrected chi connectivity index (χ2v) is 16.7. The fourth-order valence-corrected chi connectivity index (χ4v) is 6.92. The van der Waals surface area contributed by atoms with Crippen LogP contribution in [-0.4, -0.2) is 140 Å². The zero-order chi connectivity index (χ0) is 52.5. The number of phenols is 1. The number of carbonyl (C=O) groups excluding carboxylic acids is 7. The minimum atomic E-state index is -1.44. The van der Waals surface area contributed by atoms with Crippen LogP contribution >= 0.6 is 0 Å². The summed E-state index contributed by atoms with van der Waals surface area (Å²) < 4.78 is 0. The van der Waals surface area contributed by atoms with Gasteiger partial charge in [0, 0.05) is 57.2 Å². The molecule has 2 heterocycles. The Labute approximate surface area is 409 Å². The zero-order valence-corrected chi connectivity index (χ0v) is 39.7. The Morgan fingerprint density at radius 2 is 0.930 bits per heavy atom. The second kappa shape index (κ2) is 29.4. The number of nitrogens with two attached hydrogens (primary N) is 4. The van der Waals surface area contributed by atoms with E-state index in [2.05, 4.69) is 67.8 Å². The molecule has 0 spiro atoms. The van der Waals surface area contributed by atoms with Crippen molar-refractivity contribution >= 4 is 59.2 Å². The summed E-state index contributed by atoms with van der Waals surface area (Å²) in [5.41, 5.74) is 23.3. The third kappa shape index (κ3) is 21.6. The van der Waals surface area contributed by atoms with Crippen LogP contribution < -0.4 is 70.8 Å². The molecule has 1 aromatic carbocycles. The van der Waals surface area contributed by atoms with Gasteiger partial charge in [0.2, 0.25) is 41.4 Å². The number of benzene rings is 1. The molecule has 3 aromatic rings. The van der Waals surface area contributed by atoms with E-state index < -0.39 is 83.5 Å².